The summed E-state index contributed by atoms with van der Waals surface area (Å²) in [4.78, 5) is 0. The number of aliphatic hydroxyl groups is 1. The second-order valence-corrected chi connectivity index (χ2v) is 12.2. The summed E-state index contributed by atoms with van der Waals surface area (Å²) >= 11 is 0. The average Bonchev–Trinajstić information content (AvgIpc) is 2.27. The first-order valence-electron chi connectivity index (χ1n) is 7.55. The van der Waals surface area contributed by atoms with Gasteiger partial charge in [-0.2, -0.15) is 0 Å². The molecule has 0 bridgehead atoms. The van der Waals surface area contributed by atoms with Gasteiger partial charge in [0.25, 0.3) is 0 Å². The predicted molar refractivity (Wildman–Crippen MR) is 80.3 cm³/mol. The Morgan fingerprint density at radius 1 is 1.17 bits per heavy atom. The van der Waals surface area contributed by atoms with Crippen LogP contribution in [0.1, 0.15) is 59.3 Å². The maximum atomic E-state index is 9.58. The zero-order chi connectivity index (χ0) is 13.8. The third kappa shape index (κ3) is 4.67. The van der Waals surface area contributed by atoms with Crippen molar-refractivity contribution in [3.8, 4) is 0 Å². The van der Waals surface area contributed by atoms with Gasteiger partial charge in [-0.05, 0) is 30.5 Å². The number of rotatable bonds is 5. The van der Waals surface area contributed by atoms with Gasteiger partial charge in [0.05, 0.1) is 12.7 Å². The van der Waals surface area contributed by atoms with Crippen molar-refractivity contribution in [2.75, 3.05) is 6.61 Å². The van der Waals surface area contributed by atoms with Gasteiger partial charge in [-0.1, -0.05) is 52.9 Å². The molecule has 0 aromatic rings. The van der Waals surface area contributed by atoms with E-state index in [1.165, 1.54) is 32.1 Å². The molecule has 0 saturated heterocycles. The molecule has 1 atom stereocenters. The molecular weight excluding hydrogens is 240 g/mol. The van der Waals surface area contributed by atoms with E-state index in [0.29, 0.717) is 0 Å². The first kappa shape index (κ1) is 16.2. The van der Waals surface area contributed by atoms with Gasteiger partial charge in [0.15, 0.2) is 8.32 Å². The van der Waals surface area contributed by atoms with Crippen molar-refractivity contribution in [2.45, 2.75) is 83.5 Å². The maximum absolute atomic E-state index is 9.58. The van der Waals surface area contributed by atoms with E-state index in [1.54, 1.807) is 0 Å². The Labute approximate surface area is 114 Å². The van der Waals surface area contributed by atoms with Crippen molar-refractivity contribution in [1.29, 1.82) is 0 Å². The van der Waals surface area contributed by atoms with Crippen LogP contribution < -0.4 is 0 Å². The molecule has 1 rings (SSSR count). The average molecular weight is 273 g/mol. The summed E-state index contributed by atoms with van der Waals surface area (Å²) in [5.41, 5.74) is 0. The van der Waals surface area contributed by atoms with Crippen molar-refractivity contribution >= 4 is 8.32 Å². The Hall–Kier alpha value is 0.137. The van der Waals surface area contributed by atoms with Crippen molar-refractivity contribution in [2.24, 2.45) is 5.92 Å². The van der Waals surface area contributed by atoms with Crippen molar-refractivity contribution in [3.63, 3.8) is 0 Å². The lowest BCUT2D eigenvalue weighted by atomic mass is 9.85. The fraction of sp³-hybridized carbons (Fsp3) is 1.00. The van der Waals surface area contributed by atoms with Crippen LogP contribution in [0, 0.1) is 5.92 Å². The fourth-order valence-electron chi connectivity index (χ4n) is 2.55. The molecule has 1 aliphatic carbocycles. The van der Waals surface area contributed by atoms with Gasteiger partial charge in [0.1, 0.15) is 0 Å². The van der Waals surface area contributed by atoms with E-state index in [1.807, 2.05) is 0 Å². The molecule has 0 radical (unpaired) electrons. The molecular formula is C15H32O2Si. The minimum atomic E-state index is -1.73. The Bertz CT molecular complexity index is 239. The topological polar surface area (TPSA) is 29.5 Å². The summed E-state index contributed by atoms with van der Waals surface area (Å²) in [5.74, 6) is 0.778. The molecule has 3 heteroatoms. The SMILES string of the molecule is CC(C)(C)[Si](C)(C)O[C@H](CO)CC1CCCCC1. The van der Waals surface area contributed by atoms with E-state index in [4.69, 9.17) is 4.43 Å². The van der Waals surface area contributed by atoms with Gasteiger partial charge in [0, 0.05) is 0 Å². The molecule has 1 fully saturated rings. The predicted octanol–water partition coefficient (Wildman–Crippen LogP) is 4.34. The van der Waals surface area contributed by atoms with Crippen LogP contribution in [0.15, 0.2) is 0 Å². The minimum absolute atomic E-state index is 0.0639. The van der Waals surface area contributed by atoms with Gasteiger partial charge < -0.3 is 9.53 Å². The largest absolute Gasteiger partial charge is 0.412 e. The number of hydrogen-bond acceptors (Lipinski definition) is 2. The summed E-state index contributed by atoms with van der Waals surface area (Å²) in [6.45, 7) is 11.5. The van der Waals surface area contributed by atoms with Crippen LogP contribution in [0.25, 0.3) is 0 Å². The van der Waals surface area contributed by atoms with Crippen LogP contribution in [-0.4, -0.2) is 26.1 Å². The zero-order valence-corrected chi connectivity index (χ0v) is 14.0. The highest BCUT2D eigenvalue weighted by molar-refractivity contribution is 6.74. The highest BCUT2D eigenvalue weighted by Gasteiger charge is 2.39. The molecule has 0 heterocycles. The second-order valence-electron chi connectivity index (χ2n) is 7.42. The van der Waals surface area contributed by atoms with E-state index >= 15 is 0 Å². The van der Waals surface area contributed by atoms with Crippen molar-refractivity contribution in [3.05, 3.63) is 0 Å². The van der Waals surface area contributed by atoms with E-state index in [2.05, 4.69) is 33.9 Å². The fourth-order valence-corrected chi connectivity index (χ4v) is 3.91. The summed E-state index contributed by atoms with van der Waals surface area (Å²) < 4.78 is 6.34. The van der Waals surface area contributed by atoms with Gasteiger partial charge in [-0.3, -0.25) is 0 Å². The molecule has 108 valence electrons. The quantitative estimate of drug-likeness (QED) is 0.754. The molecule has 0 aliphatic heterocycles. The molecule has 18 heavy (non-hydrogen) atoms. The summed E-state index contributed by atoms with van der Waals surface area (Å²) in [5, 5.41) is 9.81. The van der Waals surface area contributed by atoms with E-state index in [9.17, 15) is 5.11 Å². The molecule has 0 unspecified atom stereocenters. The third-order valence-corrected chi connectivity index (χ3v) is 9.33. The standard InChI is InChI=1S/C15H32O2Si/c1-15(2,3)18(4,5)17-14(12-16)11-13-9-7-6-8-10-13/h13-14,16H,6-12H2,1-5H3/t14-/m0/s1. The highest BCUT2D eigenvalue weighted by Crippen LogP contribution is 2.38. The normalized spacial score (nSPS) is 21.0. The van der Waals surface area contributed by atoms with Crippen LogP contribution >= 0.6 is 0 Å². The molecule has 2 nitrogen and oxygen atoms in total. The van der Waals surface area contributed by atoms with Gasteiger partial charge in [-0.15, -0.1) is 0 Å². The van der Waals surface area contributed by atoms with Crippen LogP contribution in [0.2, 0.25) is 18.1 Å². The minimum Gasteiger partial charge on any atom is -0.412 e. The monoisotopic (exact) mass is 272 g/mol. The molecule has 0 amide bonds. The number of aliphatic hydroxyl groups excluding tert-OH is 1. The Morgan fingerprint density at radius 2 is 1.72 bits per heavy atom. The Morgan fingerprint density at radius 3 is 2.17 bits per heavy atom. The third-order valence-electron chi connectivity index (χ3n) is 4.79. The summed E-state index contributed by atoms with van der Waals surface area (Å²) in [6.07, 6.45) is 7.90. The molecule has 0 aromatic carbocycles. The first-order chi connectivity index (χ1) is 8.26. The molecule has 1 aliphatic rings. The lowest BCUT2D eigenvalue weighted by molar-refractivity contribution is 0.0759. The highest BCUT2D eigenvalue weighted by atomic mass is 28.4. The molecule has 0 spiro atoms. The van der Waals surface area contributed by atoms with E-state index in [0.717, 1.165) is 12.3 Å². The van der Waals surface area contributed by atoms with Crippen LogP contribution in [-0.2, 0) is 4.43 Å². The lowest BCUT2D eigenvalue weighted by Crippen LogP contribution is -2.45. The van der Waals surface area contributed by atoms with Gasteiger partial charge in [0.2, 0.25) is 0 Å². The Kier molecular flexibility index (Phi) is 5.88. The van der Waals surface area contributed by atoms with Crippen LogP contribution in [0.3, 0.4) is 0 Å². The van der Waals surface area contributed by atoms with Gasteiger partial charge in [-0.25, -0.2) is 0 Å². The molecule has 0 aromatic heterocycles. The summed E-state index contributed by atoms with van der Waals surface area (Å²) in [7, 11) is -1.73. The maximum Gasteiger partial charge on any atom is 0.192 e. The van der Waals surface area contributed by atoms with Gasteiger partial charge >= 0.3 is 0 Å². The first-order valence-corrected chi connectivity index (χ1v) is 10.5. The van der Waals surface area contributed by atoms with E-state index in [-0.39, 0.29) is 17.7 Å². The molecule has 1 saturated carbocycles. The van der Waals surface area contributed by atoms with Crippen molar-refractivity contribution < 1.29 is 9.53 Å². The van der Waals surface area contributed by atoms with E-state index < -0.39 is 8.32 Å². The summed E-state index contributed by atoms with van der Waals surface area (Å²) in [6, 6.07) is 0. The Balaban J connectivity index is 2.50. The van der Waals surface area contributed by atoms with Crippen molar-refractivity contribution in [1.82, 2.24) is 0 Å². The van der Waals surface area contributed by atoms with Crippen LogP contribution in [0.5, 0.6) is 0 Å². The molecule has 1 N–H and O–H groups in total. The number of hydrogen-bond donors (Lipinski definition) is 1. The lowest BCUT2D eigenvalue weighted by Gasteiger charge is -2.40. The zero-order valence-electron chi connectivity index (χ0n) is 13.0. The van der Waals surface area contributed by atoms with Crippen LogP contribution in [0.4, 0.5) is 0 Å². The second kappa shape index (κ2) is 6.53. The smallest absolute Gasteiger partial charge is 0.192 e.